The molecule has 0 fully saturated rings. The van der Waals surface area contributed by atoms with Gasteiger partial charge < -0.3 is 18.9 Å². The first-order valence-corrected chi connectivity index (χ1v) is 9.69. The molecule has 0 atom stereocenters. The number of ether oxygens (including phenoxy) is 4. The molecular formula is C21H16Cl2O7. The Balaban J connectivity index is 1.77. The van der Waals surface area contributed by atoms with Crippen LogP contribution >= 0.6 is 23.2 Å². The Kier molecular flexibility index (Phi) is 4.52. The molecule has 0 saturated heterocycles. The molecule has 30 heavy (non-hydrogen) atoms. The Bertz CT molecular complexity index is 1050. The number of hydrogen-bond donors (Lipinski definition) is 0. The second-order valence-corrected chi connectivity index (χ2v) is 8.60. The van der Waals surface area contributed by atoms with Crippen LogP contribution in [0.5, 0.6) is 11.5 Å². The molecule has 0 radical (unpaired) electrons. The molecule has 2 heterocycles. The van der Waals surface area contributed by atoms with Gasteiger partial charge in [-0.25, -0.2) is 9.59 Å². The molecule has 2 aromatic rings. The van der Waals surface area contributed by atoms with Crippen LogP contribution in [0.25, 0.3) is 0 Å². The van der Waals surface area contributed by atoms with E-state index in [9.17, 15) is 14.4 Å². The zero-order valence-corrected chi connectivity index (χ0v) is 17.9. The van der Waals surface area contributed by atoms with Crippen LogP contribution in [0, 0.1) is 0 Å². The minimum absolute atomic E-state index is 0.0266. The summed E-state index contributed by atoms with van der Waals surface area (Å²) < 4.78 is 21.6. The first kappa shape index (κ1) is 20.5. The van der Waals surface area contributed by atoms with Gasteiger partial charge in [0.1, 0.15) is 11.1 Å². The lowest BCUT2D eigenvalue weighted by Crippen LogP contribution is -2.39. The van der Waals surface area contributed by atoms with Crippen molar-refractivity contribution in [3.63, 3.8) is 0 Å². The van der Waals surface area contributed by atoms with E-state index in [0.717, 1.165) is 0 Å². The van der Waals surface area contributed by atoms with Crippen molar-refractivity contribution in [3.8, 4) is 11.5 Å². The van der Waals surface area contributed by atoms with Crippen molar-refractivity contribution in [2.24, 2.45) is 0 Å². The lowest BCUT2D eigenvalue weighted by Gasteiger charge is -2.32. The molecule has 0 N–H and O–H groups in total. The van der Waals surface area contributed by atoms with Crippen LogP contribution in [0.2, 0.25) is 10.0 Å². The van der Waals surface area contributed by atoms with Gasteiger partial charge in [-0.15, -0.1) is 0 Å². The first-order chi connectivity index (χ1) is 13.9. The molecule has 2 aliphatic heterocycles. The predicted molar refractivity (Wildman–Crippen MR) is 107 cm³/mol. The Labute approximate surface area is 181 Å². The lowest BCUT2D eigenvalue weighted by molar-refractivity contribution is -0.128. The second kappa shape index (κ2) is 6.62. The first-order valence-electron chi connectivity index (χ1n) is 8.93. The maximum Gasteiger partial charge on any atom is 0.345 e. The van der Waals surface area contributed by atoms with Gasteiger partial charge in [0.05, 0.1) is 10.0 Å². The molecule has 156 valence electrons. The topological polar surface area (TPSA) is 88.1 Å². The molecule has 9 heteroatoms. The minimum Gasteiger partial charge on any atom is -0.450 e. The van der Waals surface area contributed by atoms with Crippen molar-refractivity contribution in [1.29, 1.82) is 0 Å². The molecule has 2 aromatic carbocycles. The summed E-state index contributed by atoms with van der Waals surface area (Å²) in [5.74, 6) is -3.94. The van der Waals surface area contributed by atoms with Gasteiger partial charge in [-0.2, -0.15) is 0 Å². The van der Waals surface area contributed by atoms with Gasteiger partial charge in [0, 0.05) is 38.8 Å². The fraction of sp³-hybridized carbons (Fsp3) is 0.286. The molecule has 0 aromatic heterocycles. The van der Waals surface area contributed by atoms with Crippen molar-refractivity contribution >= 4 is 40.9 Å². The normalized spacial score (nSPS) is 18.2. The molecule has 0 bridgehead atoms. The van der Waals surface area contributed by atoms with Crippen molar-refractivity contribution in [2.45, 2.75) is 39.3 Å². The standard InChI is InChI=1S/C21H16Cl2O7/c1-20(2)27-16-11(18(25)29-20)5-9(7-13(16)22)15(24)10-6-12-17(14(23)8-10)28-21(3,4)30-19(12)26/h5-8H,1-4H3. The number of halogens is 2. The van der Waals surface area contributed by atoms with E-state index in [1.54, 1.807) is 27.7 Å². The molecular weight excluding hydrogens is 435 g/mol. The third-order valence-electron chi connectivity index (χ3n) is 4.42. The number of fused-ring (bicyclic) bond motifs is 2. The minimum atomic E-state index is -1.18. The predicted octanol–water partition coefficient (Wildman–Crippen LogP) is 4.80. The Morgan fingerprint density at radius 2 is 1.07 bits per heavy atom. The van der Waals surface area contributed by atoms with Gasteiger partial charge in [0.2, 0.25) is 11.6 Å². The summed E-state index contributed by atoms with van der Waals surface area (Å²) in [4.78, 5) is 37.8. The Hall–Kier alpha value is -2.77. The van der Waals surface area contributed by atoms with Crippen LogP contribution in [0.4, 0.5) is 0 Å². The number of esters is 2. The summed E-state index contributed by atoms with van der Waals surface area (Å²) in [6.07, 6.45) is 0. The SMILES string of the molecule is CC1(C)OC(=O)c2cc(C(=O)c3cc(Cl)c4c(c3)C(=O)OC(C)(C)O4)cc(Cl)c2O1. The fourth-order valence-corrected chi connectivity index (χ4v) is 3.73. The average molecular weight is 451 g/mol. The Morgan fingerprint density at radius 1 is 0.700 bits per heavy atom. The summed E-state index contributed by atoms with van der Waals surface area (Å²) in [6, 6.07) is 5.41. The molecule has 2 aliphatic rings. The lowest BCUT2D eigenvalue weighted by atomic mass is 9.98. The van der Waals surface area contributed by atoms with Gasteiger partial charge in [-0.05, 0) is 24.3 Å². The molecule has 4 rings (SSSR count). The number of carbonyl (C=O) groups excluding carboxylic acids is 3. The molecule has 0 spiro atoms. The third-order valence-corrected chi connectivity index (χ3v) is 4.99. The molecule has 0 unspecified atom stereocenters. The zero-order valence-electron chi connectivity index (χ0n) is 16.4. The number of hydrogen-bond acceptors (Lipinski definition) is 7. The summed E-state index contributed by atoms with van der Waals surface area (Å²) in [6.45, 7) is 6.28. The number of carbonyl (C=O) groups is 3. The Morgan fingerprint density at radius 3 is 1.43 bits per heavy atom. The summed E-state index contributed by atoms with van der Waals surface area (Å²) in [5.41, 5.74) is 0.248. The van der Waals surface area contributed by atoms with E-state index in [-0.39, 0.29) is 43.8 Å². The van der Waals surface area contributed by atoms with Crippen molar-refractivity contribution in [1.82, 2.24) is 0 Å². The van der Waals surface area contributed by atoms with Crippen LogP contribution in [-0.4, -0.2) is 29.3 Å². The van der Waals surface area contributed by atoms with Crippen LogP contribution < -0.4 is 9.47 Å². The second-order valence-electron chi connectivity index (χ2n) is 7.78. The molecule has 0 amide bonds. The quantitative estimate of drug-likeness (QED) is 0.479. The zero-order chi connectivity index (χ0) is 22.0. The van der Waals surface area contributed by atoms with Crippen molar-refractivity contribution in [2.75, 3.05) is 0 Å². The highest BCUT2D eigenvalue weighted by molar-refractivity contribution is 6.34. The van der Waals surface area contributed by atoms with Gasteiger partial charge in [0.25, 0.3) is 0 Å². The largest absolute Gasteiger partial charge is 0.450 e. The molecule has 0 saturated carbocycles. The van der Waals surface area contributed by atoms with E-state index >= 15 is 0 Å². The van der Waals surface area contributed by atoms with E-state index < -0.39 is 29.3 Å². The van der Waals surface area contributed by atoms with Gasteiger partial charge >= 0.3 is 11.9 Å². The maximum atomic E-state index is 13.1. The number of ketones is 1. The molecule has 0 aliphatic carbocycles. The summed E-state index contributed by atoms with van der Waals surface area (Å²) in [7, 11) is 0. The van der Waals surface area contributed by atoms with Crippen molar-refractivity contribution in [3.05, 3.63) is 56.6 Å². The van der Waals surface area contributed by atoms with Crippen molar-refractivity contribution < 1.29 is 33.3 Å². The highest BCUT2D eigenvalue weighted by Gasteiger charge is 2.38. The number of cyclic esters (lactones) is 2. The van der Waals surface area contributed by atoms with Gasteiger partial charge in [0.15, 0.2) is 17.3 Å². The van der Waals surface area contributed by atoms with E-state index in [1.165, 1.54) is 24.3 Å². The maximum absolute atomic E-state index is 13.1. The summed E-state index contributed by atoms with van der Waals surface area (Å²) in [5, 5.41) is 0.156. The fourth-order valence-electron chi connectivity index (χ4n) is 3.22. The smallest absolute Gasteiger partial charge is 0.345 e. The highest BCUT2D eigenvalue weighted by atomic mass is 35.5. The average Bonchev–Trinajstić information content (AvgIpc) is 2.61. The van der Waals surface area contributed by atoms with Crippen LogP contribution in [0.3, 0.4) is 0 Å². The highest BCUT2D eigenvalue weighted by Crippen LogP contribution is 2.40. The monoisotopic (exact) mass is 450 g/mol. The van der Waals surface area contributed by atoms with E-state index in [1.807, 2.05) is 0 Å². The van der Waals surface area contributed by atoms with Crippen LogP contribution in [-0.2, 0) is 9.47 Å². The summed E-state index contributed by atoms with van der Waals surface area (Å²) >= 11 is 12.5. The number of benzene rings is 2. The van der Waals surface area contributed by atoms with Gasteiger partial charge in [-0.3, -0.25) is 4.79 Å². The van der Waals surface area contributed by atoms with Crippen LogP contribution in [0.1, 0.15) is 64.3 Å². The van der Waals surface area contributed by atoms with E-state index in [2.05, 4.69) is 0 Å². The van der Waals surface area contributed by atoms with Gasteiger partial charge in [-0.1, -0.05) is 23.2 Å². The number of rotatable bonds is 2. The van der Waals surface area contributed by atoms with Crippen LogP contribution in [0.15, 0.2) is 24.3 Å². The van der Waals surface area contributed by atoms with E-state index in [0.29, 0.717) is 0 Å². The third kappa shape index (κ3) is 3.48. The molecule has 7 nitrogen and oxygen atoms in total. The van der Waals surface area contributed by atoms with E-state index in [4.69, 9.17) is 42.1 Å².